The highest BCUT2D eigenvalue weighted by atomic mass is 32.1. The lowest BCUT2D eigenvalue weighted by molar-refractivity contribution is -0.136. The first kappa shape index (κ1) is 35.7. The van der Waals surface area contributed by atoms with E-state index in [0.29, 0.717) is 11.7 Å². The minimum Gasteiger partial charge on any atom is -0.508 e. The van der Waals surface area contributed by atoms with Crippen LogP contribution in [-0.4, -0.2) is 100 Å². The first-order chi connectivity index (χ1) is 27.2. The van der Waals surface area contributed by atoms with Gasteiger partial charge in [0.25, 0.3) is 11.8 Å². The van der Waals surface area contributed by atoms with Crippen LogP contribution >= 0.6 is 11.3 Å². The summed E-state index contributed by atoms with van der Waals surface area (Å²) in [5.41, 5.74) is 2.33. The molecular weight excluding hydrogens is 733 g/mol. The number of imide groups is 2. The Hall–Kier alpha value is -5.99. The number of rotatable bonds is 8. The summed E-state index contributed by atoms with van der Waals surface area (Å²) in [6.07, 6.45) is 2.37. The van der Waals surface area contributed by atoms with Crippen LogP contribution in [0.1, 0.15) is 46.5 Å². The van der Waals surface area contributed by atoms with Gasteiger partial charge in [-0.2, -0.15) is 0 Å². The lowest BCUT2D eigenvalue weighted by Gasteiger charge is -2.39. The van der Waals surface area contributed by atoms with Gasteiger partial charge in [0, 0.05) is 68.0 Å². The van der Waals surface area contributed by atoms with E-state index in [9.17, 15) is 29.4 Å². The summed E-state index contributed by atoms with van der Waals surface area (Å²) in [4.78, 5) is 63.9. The topological polar surface area (TPSA) is 156 Å². The van der Waals surface area contributed by atoms with E-state index in [2.05, 4.69) is 37.1 Å². The SMILES string of the molecule is O=C1CCC(N2C(=O)c3ccc(N4CCN(CC5CCN(c6ccc(Oc7c(-c8ccc(O)cc8)sc8cc(O)ccc78)cc6)CC5)CC4)nc3C2=O)C(=O)N1. The van der Waals surface area contributed by atoms with Gasteiger partial charge in [-0.15, -0.1) is 11.3 Å². The smallest absolute Gasteiger partial charge is 0.281 e. The van der Waals surface area contributed by atoms with Gasteiger partial charge >= 0.3 is 0 Å². The molecule has 4 amide bonds. The van der Waals surface area contributed by atoms with Crippen LogP contribution in [0.3, 0.4) is 0 Å². The van der Waals surface area contributed by atoms with Crippen molar-refractivity contribution in [3.05, 3.63) is 90.1 Å². The van der Waals surface area contributed by atoms with E-state index in [4.69, 9.17) is 4.74 Å². The quantitative estimate of drug-likeness (QED) is 0.169. The number of benzene rings is 3. The van der Waals surface area contributed by atoms with Gasteiger partial charge < -0.3 is 24.7 Å². The number of pyridine rings is 1. The second-order valence-corrected chi connectivity index (χ2v) is 15.9. The lowest BCUT2D eigenvalue weighted by Crippen LogP contribution is -2.54. The summed E-state index contributed by atoms with van der Waals surface area (Å²) in [7, 11) is 0. The van der Waals surface area contributed by atoms with Crippen molar-refractivity contribution in [1.29, 1.82) is 0 Å². The Bertz CT molecular complexity index is 2350. The van der Waals surface area contributed by atoms with Crippen LogP contribution in [0.15, 0.2) is 78.9 Å². The molecule has 6 heterocycles. The number of hydrogen-bond donors (Lipinski definition) is 3. The van der Waals surface area contributed by atoms with E-state index in [1.165, 1.54) is 11.3 Å². The molecule has 1 unspecified atom stereocenters. The number of nitrogens with one attached hydrogen (secondary N) is 1. The summed E-state index contributed by atoms with van der Waals surface area (Å²) in [5, 5.41) is 23.1. The molecule has 4 aliphatic rings. The molecule has 14 heteroatoms. The standard InChI is InChI=1S/C42H40N6O7S/c49-28-5-1-26(2-6-28)39-38(31-10-7-29(50)23-34(31)56-39)55-30-8-3-27(4-9-30)46-17-15-25(16-18-46)24-45-19-21-47(22-20-45)35-13-11-32-37(43-35)42(54)48(41(32)53)33-12-14-36(51)44-40(33)52/h1-11,13,23,25,33,49-50H,12,14-22,24H2,(H,44,51,52). The fourth-order valence-electron chi connectivity index (χ4n) is 8.22. The molecule has 286 valence electrons. The Morgan fingerprint density at radius 1 is 0.768 bits per heavy atom. The normalized spacial score (nSPS) is 19.5. The Morgan fingerprint density at radius 2 is 1.50 bits per heavy atom. The number of anilines is 2. The number of piperidine rings is 2. The molecule has 0 saturated carbocycles. The third-order valence-electron chi connectivity index (χ3n) is 11.3. The number of nitrogens with zero attached hydrogens (tertiary/aromatic N) is 5. The Balaban J connectivity index is 0.777. The molecule has 0 bridgehead atoms. The van der Waals surface area contributed by atoms with E-state index in [1.54, 1.807) is 36.4 Å². The maximum Gasteiger partial charge on any atom is 0.281 e. The van der Waals surface area contributed by atoms with Gasteiger partial charge in [0.05, 0.1) is 10.4 Å². The van der Waals surface area contributed by atoms with Crippen LogP contribution < -0.4 is 19.9 Å². The van der Waals surface area contributed by atoms with Crippen LogP contribution in [0, 0.1) is 5.92 Å². The average Bonchev–Trinajstić information content (AvgIpc) is 3.68. The highest BCUT2D eigenvalue weighted by Crippen LogP contribution is 2.47. The van der Waals surface area contributed by atoms with Crippen LogP contribution in [0.4, 0.5) is 11.5 Å². The molecular formula is C42H40N6O7S. The number of phenolic OH excluding ortho intramolecular Hbond substituents is 2. The number of thiophene rings is 1. The van der Waals surface area contributed by atoms with Crippen molar-refractivity contribution in [2.75, 3.05) is 55.6 Å². The van der Waals surface area contributed by atoms with Gasteiger partial charge in [0.15, 0.2) is 5.75 Å². The highest BCUT2D eigenvalue weighted by molar-refractivity contribution is 7.22. The number of aromatic nitrogens is 1. The molecule has 1 atom stereocenters. The molecule has 3 N–H and O–H groups in total. The van der Waals surface area contributed by atoms with Gasteiger partial charge in [-0.3, -0.25) is 34.3 Å². The number of amides is 4. The Labute approximate surface area is 326 Å². The molecule has 0 aliphatic carbocycles. The Kier molecular flexibility index (Phi) is 9.30. The van der Waals surface area contributed by atoms with Gasteiger partial charge in [-0.05, 0) is 110 Å². The zero-order chi connectivity index (χ0) is 38.5. The number of piperazine rings is 1. The maximum absolute atomic E-state index is 13.3. The minimum absolute atomic E-state index is 0.0614. The summed E-state index contributed by atoms with van der Waals surface area (Å²) >= 11 is 1.54. The molecule has 0 spiro atoms. The number of fused-ring (bicyclic) bond motifs is 2. The largest absolute Gasteiger partial charge is 0.508 e. The molecule has 3 fully saturated rings. The van der Waals surface area contributed by atoms with Crippen molar-refractivity contribution in [2.45, 2.75) is 31.7 Å². The summed E-state index contributed by atoms with van der Waals surface area (Å²) < 4.78 is 7.43. The number of ether oxygens (including phenoxy) is 1. The number of phenols is 2. The van der Waals surface area contributed by atoms with E-state index in [-0.39, 0.29) is 35.6 Å². The zero-order valence-electron chi connectivity index (χ0n) is 30.5. The van der Waals surface area contributed by atoms with Crippen molar-refractivity contribution in [1.82, 2.24) is 20.1 Å². The van der Waals surface area contributed by atoms with Crippen molar-refractivity contribution in [3.8, 4) is 33.4 Å². The fraction of sp³-hybridized carbons (Fsp3) is 0.310. The second kappa shape index (κ2) is 14.6. The van der Waals surface area contributed by atoms with Crippen molar-refractivity contribution < 1.29 is 34.1 Å². The first-order valence-corrected chi connectivity index (χ1v) is 19.8. The molecule has 4 aliphatic heterocycles. The second-order valence-electron chi connectivity index (χ2n) is 14.8. The molecule has 13 nitrogen and oxygen atoms in total. The predicted octanol–water partition coefficient (Wildman–Crippen LogP) is 5.61. The molecule has 2 aromatic heterocycles. The number of carbonyl (C=O) groups is 4. The summed E-state index contributed by atoms with van der Waals surface area (Å²) in [6, 6.07) is 22.9. The highest BCUT2D eigenvalue weighted by Gasteiger charge is 2.46. The molecule has 0 radical (unpaired) electrons. The van der Waals surface area contributed by atoms with Crippen molar-refractivity contribution in [2.24, 2.45) is 5.92 Å². The molecule has 56 heavy (non-hydrogen) atoms. The Morgan fingerprint density at radius 3 is 2.23 bits per heavy atom. The average molecular weight is 773 g/mol. The van der Waals surface area contributed by atoms with Crippen molar-refractivity contribution >= 4 is 56.6 Å². The van der Waals surface area contributed by atoms with Crippen molar-refractivity contribution in [3.63, 3.8) is 0 Å². The van der Waals surface area contributed by atoms with Crippen LogP contribution in [-0.2, 0) is 9.59 Å². The van der Waals surface area contributed by atoms with Crippen LogP contribution in [0.5, 0.6) is 23.0 Å². The molecule has 5 aromatic rings. The van der Waals surface area contributed by atoms with E-state index < -0.39 is 29.7 Å². The molecule has 3 saturated heterocycles. The molecule has 9 rings (SSSR count). The lowest BCUT2D eigenvalue weighted by atomic mass is 9.95. The van der Waals surface area contributed by atoms with Crippen LogP contribution in [0.2, 0.25) is 0 Å². The van der Waals surface area contributed by atoms with Gasteiger partial charge in [-0.25, -0.2) is 4.98 Å². The fourth-order valence-corrected chi connectivity index (χ4v) is 9.38. The maximum atomic E-state index is 13.3. The van der Waals surface area contributed by atoms with Gasteiger partial charge in [0.1, 0.15) is 34.8 Å². The monoisotopic (exact) mass is 772 g/mol. The number of aromatic hydroxyl groups is 2. The third kappa shape index (κ3) is 6.79. The minimum atomic E-state index is -1.01. The summed E-state index contributed by atoms with van der Waals surface area (Å²) in [6.45, 7) is 6.19. The third-order valence-corrected chi connectivity index (χ3v) is 12.5. The number of hydrogen-bond acceptors (Lipinski definition) is 12. The number of carbonyl (C=O) groups excluding carboxylic acids is 4. The van der Waals surface area contributed by atoms with Gasteiger partial charge in [0.2, 0.25) is 11.8 Å². The summed E-state index contributed by atoms with van der Waals surface area (Å²) in [5.74, 6) is 0.891. The molecule has 3 aromatic carbocycles. The van der Waals surface area contributed by atoms with E-state index >= 15 is 0 Å². The predicted molar refractivity (Wildman–Crippen MR) is 212 cm³/mol. The first-order valence-electron chi connectivity index (χ1n) is 19.0. The van der Waals surface area contributed by atoms with E-state index in [0.717, 1.165) is 101 Å². The van der Waals surface area contributed by atoms with E-state index in [1.807, 2.05) is 30.3 Å². The van der Waals surface area contributed by atoms with Gasteiger partial charge in [-0.1, -0.05) is 0 Å². The van der Waals surface area contributed by atoms with Crippen LogP contribution in [0.25, 0.3) is 20.5 Å². The zero-order valence-corrected chi connectivity index (χ0v) is 31.3.